The Hall–Kier alpha value is -3.13. The predicted molar refractivity (Wildman–Crippen MR) is 83.6 cm³/mol. The second kappa shape index (κ2) is 5.25. The molecular formula is C15H15N5O3. The molecule has 1 aromatic heterocycles. The van der Waals surface area contributed by atoms with Gasteiger partial charge in [0.05, 0.1) is 25.1 Å². The van der Waals surface area contributed by atoms with E-state index in [-0.39, 0.29) is 0 Å². The number of hydroxylamine groups is 1. The Morgan fingerprint density at radius 1 is 1.22 bits per heavy atom. The van der Waals surface area contributed by atoms with Crippen LogP contribution in [0.15, 0.2) is 53.5 Å². The van der Waals surface area contributed by atoms with Gasteiger partial charge in [-0.05, 0) is 35.5 Å². The van der Waals surface area contributed by atoms with Crippen LogP contribution in [0.5, 0.6) is 5.75 Å². The fraction of sp³-hybridized carbons (Fsp3) is 0.133. The minimum Gasteiger partial charge on any atom is -0.497 e. The highest BCUT2D eigenvalue weighted by Crippen LogP contribution is 2.32. The summed E-state index contributed by atoms with van der Waals surface area (Å²) in [5.41, 5.74) is 4.46. The Kier molecular flexibility index (Phi) is 3.09. The zero-order chi connectivity index (χ0) is 15.8. The van der Waals surface area contributed by atoms with Crippen molar-refractivity contribution >= 4 is 17.4 Å². The van der Waals surface area contributed by atoms with Gasteiger partial charge in [0.2, 0.25) is 12.2 Å². The first-order valence-electron chi connectivity index (χ1n) is 7.01. The second-order valence-corrected chi connectivity index (χ2v) is 4.96. The maximum absolute atomic E-state index is 8.54. The van der Waals surface area contributed by atoms with Crippen molar-refractivity contribution in [2.45, 2.75) is 6.29 Å². The smallest absolute Gasteiger partial charge is 0.219 e. The molecule has 1 atom stereocenters. The number of anilines is 2. The molecule has 8 nitrogen and oxygen atoms in total. The molecule has 118 valence electrons. The van der Waals surface area contributed by atoms with Gasteiger partial charge in [-0.1, -0.05) is 0 Å². The van der Waals surface area contributed by atoms with Crippen molar-refractivity contribution in [1.82, 2.24) is 10.6 Å². The van der Waals surface area contributed by atoms with Crippen LogP contribution in [0, 0.1) is 5.41 Å². The predicted octanol–water partition coefficient (Wildman–Crippen LogP) is 2.05. The summed E-state index contributed by atoms with van der Waals surface area (Å²) >= 11 is 0. The topological polar surface area (TPSA) is 86.0 Å². The maximum Gasteiger partial charge on any atom is 0.219 e. The molecule has 4 rings (SSSR count). The second-order valence-electron chi connectivity index (χ2n) is 4.96. The highest BCUT2D eigenvalue weighted by Gasteiger charge is 2.38. The van der Waals surface area contributed by atoms with Crippen LogP contribution in [-0.2, 0) is 4.84 Å². The van der Waals surface area contributed by atoms with Gasteiger partial charge in [-0.3, -0.25) is 15.7 Å². The molecule has 23 heavy (non-hydrogen) atoms. The van der Waals surface area contributed by atoms with Crippen molar-refractivity contribution in [3.63, 3.8) is 0 Å². The van der Waals surface area contributed by atoms with Crippen molar-refractivity contribution in [2.75, 3.05) is 17.3 Å². The van der Waals surface area contributed by atoms with Crippen molar-refractivity contribution in [3.8, 4) is 5.75 Å². The third kappa shape index (κ3) is 2.16. The van der Waals surface area contributed by atoms with Crippen LogP contribution >= 0.6 is 0 Å². The van der Waals surface area contributed by atoms with Gasteiger partial charge in [0.1, 0.15) is 17.8 Å². The molecule has 2 aliphatic rings. The van der Waals surface area contributed by atoms with Gasteiger partial charge in [0.15, 0.2) is 0 Å². The lowest BCUT2D eigenvalue weighted by molar-refractivity contribution is -0.137. The zero-order valence-electron chi connectivity index (χ0n) is 12.3. The van der Waals surface area contributed by atoms with E-state index in [4.69, 9.17) is 19.4 Å². The minimum atomic E-state index is -0.496. The fourth-order valence-electron chi connectivity index (χ4n) is 2.58. The maximum atomic E-state index is 8.54. The summed E-state index contributed by atoms with van der Waals surface area (Å²) in [5, 5.41) is 13.2. The number of hydrazine groups is 1. The lowest BCUT2D eigenvalue weighted by Gasteiger charge is -2.40. The molecule has 0 saturated heterocycles. The molecule has 0 saturated carbocycles. The molecule has 1 aromatic carbocycles. The van der Waals surface area contributed by atoms with Crippen LogP contribution in [0.1, 0.15) is 5.56 Å². The highest BCUT2D eigenvalue weighted by molar-refractivity contribution is 6.12. The average Bonchev–Trinajstić information content (AvgIpc) is 3.26. The summed E-state index contributed by atoms with van der Waals surface area (Å²) in [6.07, 6.45) is 4.24. The number of furan rings is 1. The highest BCUT2D eigenvalue weighted by atomic mass is 16.7. The molecular weight excluding hydrogens is 298 g/mol. The molecule has 0 fully saturated rings. The first-order valence-corrected chi connectivity index (χ1v) is 7.01. The monoisotopic (exact) mass is 313 g/mol. The van der Waals surface area contributed by atoms with Gasteiger partial charge in [0, 0.05) is 5.69 Å². The van der Waals surface area contributed by atoms with Crippen LogP contribution < -0.4 is 20.4 Å². The Labute approximate surface area is 132 Å². The van der Waals surface area contributed by atoms with Crippen LogP contribution in [-0.4, -0.2) is 24.4 Å². The zero-order valence-corrected chi connectivity index (χ0v) is 12.3. The summed E-state index contributed by atoms with van der Waals surface area (Å²) in [6.45, 7) is 0. The summed E-state index contributed by atoms with van der Waals surface area (Å²) in [7, 11) is 1.62. The molecule has 3 N–H and O–H groups in total. The van der Waals surface area contributed by atoms with Crippen molar-refractivity contribution < 1.29 is 14.0 Å². The third-order valence-corrected chi connectivity index (χ3v) is 3.68. The Balaban J connectivity index is 1.74. The molecule has 0 spiro atoms. The van der Waals surface area contributed by atoms with Crippen LogP contribution in [0.2, 0.25) is 0 Å². The number of amidine groups is 1. The third-order valence-electron chi connectivity index (χ3n) is 3.68. The number of ether oxygens (including phenoxy) is 1. The van der Waals surface area contributed by atoms with Gasteiger partial charge < -0.3 is 19.3 Å². The van der Waals surface area contributed by atoms with Gasteiger partial charge in [0.25, 0.3) is 0 Å². The molecule has 0 radical (unpaired) electrons. The fourth-order valence-corrected chi connectivity index (χ4v) is 2.58. The lowest BCUT2D eigenvalue weighted by atomic mass is 10.2. The number of rotatable bonds is 3. The largest absolute Gasteiger partial charge is 0.497 e. The van der Waals surface area contributed by atoms with Crippen LogP contribution in [0.3, 0.4) is 0 Å². The molecule has 2 aliphatic heterocycles. The Bertz CT molecular complexity index is 747. The van der Waals surface area contributed by atoms with E-state index < -0.39 is 6.29 Å². The van der Waals surface area contributed by atoms with Gasteiger partial charge in [-0.15, -0.1) is 0 Å². The number of nitrogens with zero attached hydrogens (tertiary/aromatic N) is 2. The lowest BCUT2D eigenvalue weighted by Crippen LogP contribution is -2.59. The first-order chi connectivity index (χ1) is 11.3. The van der Waals surface area contributed by atoms with E-state index >= 15 is 0 Å². The van der Waals surface area contributed by atoms with Crippen LogP contribution in [0.4, 0.5) is 11.6 Å². The van der Waals surface area contributed by atoms with E-state index in [9.17, 15) is 0 Å². The molecule has 3 heterocycles. The molecule has 0 amide bonds. The molecule has 2 aromatic rings. The molecule has 1 unspecified atom stereocenters. The Morgan fingerprint density at radius 2 is 2.04 bits per heavy atom. The van der Waals surface area contributed by atoms with E-state index in [0.29, 0.717) is 17.3 Å². The first kappa shape index (κ1) is 13.5. The van der Waals surface area contributed by atoms with Crippen molar-refractivity contribution in [3.05, 3.63) is 54.6 Å². The number of nitrogens with one attached hydrogen (secondary N) is 3. The van der Waals surface area contributed by atoms with Crippen molar-refractivity contribution in [2.24, 2.45) is 0 Å². The van der Waals surface area contributed by atoms with E-state index in [2.05, 4.69) is 10.7 Å². The number of benzene rings is 1. The summed E-state index contributed by atoms with van der Waals surface area (Å²) in [5.74, 6) is 1.59. The quantitative estimate of drug-likeness (QED) is 0.799. The van der Waals surface area contributed by atoms with E-state index in [1.165, 1.54) is 11.4 Å². The van der Waals surface area contributed by atoms with E-state index in [1.54, 1.807) is 30.5 Å². The van der Waals surface area contributed by atoms with Crippen LogP contribution in [0.25, 0.3) is 0 Å². The SMILES string of the molecule is COc1ccc(N2C(=N)c3ccoc3NC2N2NC=CO2)cc1. The molecule has 0 bridgehead atoms. The van der Waals surface area contributed by atoms with Gasteiger partial charge in [-0.2, -0.15) is 0 Å². The minimum absolute atomic E-state index is 0.306. The summed E-state index contributed by atoms with van der Waals surface area (Å²) in [4.78, 5) is 7.19. The number of fused-ring (bicyclic) bond motifs is 1. The Morgan fingerprint density at radius 3 is 2.74 bits per heavy atom. The van der Waals surface area contributed by atoms with E-state index in [1.807, 2.05) is 24.3 Å². The standard InChI is InChI=1S/C15H15N5O3/c1-21-11-4-2-10(3-5-11)19-13(16)12-6-8-22-14(12)18-15(19)20-17-7-9-23-20/h2-9,15-18H,1H3. The summed E-state index contributed by atoms with van der Waals surface area (Å²) in [6, 6.07) is 9.23. The van der Waals surface area contributed by atoms with Gasteiger partial charge >= 0.3 is 0 Å². The molecule has 0 aliphatic carbocycles. The average molecular weight is 313 g/mol. The van der Waals surface area contributed by atoms with E-state index in [0.717, 1.165) is 11.4 Å². The number of methoxy groups -OCH3 is 1. The van der Waals surface area contributed by atoms with Crippen molar-refractivity contribution in [1.29, 1.82) is 5.41 Å². The van der Waals surface area contributed by atoms with Gasteiger partial charge in [-0.25, -0.2) is 0 Å². The number of hydrogen-bond acceptors (Lipinski definition) is 7. The normalized spacial score (nSPS) is 19.8. The number of hydrogen-bond donors (Lipinski definition) is 3. The summed E-state index contributed by atoms with van der Waals surface area (Å²) < 4.78 is 10.6. The molecule has 8 heteroatoms.